The van der Waals surface area contributed by atoms with Crippen molar-refractivity contribution in [3.8, 4) is 0 Å². The van der Waals surface area contributed by atoms with Crippen molar-refractivity contribution in [3.63, 3.8) is 0 Å². The highest BCUT2D eigenvalue weighted by Gasteiger charge is 2.28. The average molecular weight is 1040 g/mol. The maximum absolute atomic E-state index is 12.9. The van der Waals surface area contributed by atoms with E-state index in [-0.39, 0.29) is 25.9 Å². The lowest BCUT2D eigenvalue weighted by molar-refractivity contribution is -0.161. The molecule has 12 heteroatoms. The Morgan fingerprint density at radius 3 is 1.10 bits per heavy atom. The molecular formula is C60H111O11P. The summed E-state index contributed by atoms with van der Waals surface area (Å²) < 4.78 is 39.5. The van der Waals surface area contributed by atoms with Crippen LogP contribution in [0, 0.1) is 0 Å². The maximum atomic E-state index is 12.9. The highest BCUT2D eigenvalue weighted by molar-refractivity contribution is 7.47. The molecule has 72 heavy (non-hydrogen) atoms. The summed E-state index contributed by atoms with van der Waals surface area (Å²) in [4.78, 5) is 48.5. The van der Waals surface area contributed by atoms with Gasteiger partial charge in [0.05, 0.1) is 19.8 Å². The van der Waals surface area contributed by atoms with Gasteiger partial charge >= 0.3 is 25.7 Å². The zero-order valence-corrected chi connectivity index (χ0v) is 47.6. The van der Waals surface area contributed by atoms with E-state index in [0.717, 1.165) is 89.9 Å². The van der Waals surface area contributed by atoms with Crippen molar-refractivity contribution in [2.45, 2.75) is 303 Å². The van der Waals surface area contributed by atoms with Gasteiger partial charge in [-0.1, -0.05) is 237 Å². The van der Waals surface area contributed by atoms with Gasteiger partial charge in [-0.3, -0.25) is 23.4 Å². The Morgan fingerprint density at radius 2 is 0.708 bits per heavy atom. The first-order chi connectivity index (χ1) is 35.2. The minimum atomic E-state index is -4.75. The van der Waals surface area contributed by atoms with Crippen molar-refractivity contribution in [1.82, 2.24) is 0 Å². The first-order valence-electron chi connectivity index (χ1n) is 29.9. The number of ether oxygens (including phenoxy) is 3. The van der Waals surface area contributed by atoms with Crippen LogP contribution in [-0.4, -0.2) is 66.5 Å². The molecule has 0 aliphatic heterocycles. The van der Waals surface area contributed by atoms with Crippen LogP contribution in [0.3, 0.4) is 0 Å². The molecule has 0 amide bonds. The van der Waals surface area contributed by atoms with E-state index < -0.39 is 57.8 Å². The summed E-state index contributed by atoms with van der Waals surface area (Å²) in [6, 6.07) is 0. The van der Waals surface area contributed by atoms with Gasteiger partial charge in [-0.05, 0) is 70.6 Å². The molecule has 0 heterocycles. The van der Waals surface area contributed by atoms with Crippen molar-refractivity contribution in [2.24, 2.45) is 0 Å². The van der Waals surface area contributed by atoms with E-state index in [0.29, 0.717) is 19.3 Å². The van der Waals surface area contributed by atoms with Gasteiger partial charge < -0.3 is 24.2 Å². The minimum absolute atomic E-state index is 0.163. The van der Waals surface area contributed by atoms with Crippen molar-refractivity contribution in [2.75, 3.05) is 26.4 Å². The van der Waals surface area contributed by atoms with Crippen LogP contribution >= 0.6 is 7.82 Å². The quantitative estimate of drug-likeness (QED) is 0.0197. The first-order valence-corrected chi connectivity index (χ1v) is 31.4. The third kappa shape index (κ3) is 52.6. The number of aliphatic hydroxyl groups is 1. The van der Waals surface area contributed by atoms with E-state index in [4.69, 9.17) is 23.3 Å². The molecule has 3 unspecified atom stereocenters. The summed E-state index contributed by atoms with van der Waals surface area (Å²) in [5.41, 5.74) is 0. The fourth-order valence-electron chi connectivity index (χ4n) is 8.45. The Bertz CT molecular complexity index is 1350. The third-order valence-electron chi connectivity index (χ3n) is 13.0. The largest absolute Gasteiger partial charge is 0.472 e. The predicted octanol–water partition coefficient (Wildman–Crippen LogP) is 17.6. The number of carbonyl (C=O) groups is 3. The Balaban J connectivity index is 4.68. The van der Waals surface area contributed by atoms with E-state index in [1.807, 2.05) is 0 Å². The minimum Gasteiger partial charge on any atom is -0.462 e. The van der Waals surface area contributed by atoms with Crippen LogP contribution in [-0.2, 0) is 42.2 Å². The fourth-order valence-corrected chi connectivity index (χ4v) is 9.23. The molecule has 0 aromatic rings. The van der Waals surface area contributed by atoms with Crippen LogP contribution in [0.5, 0.6) is 0 Å². The number of allylic oxidation sites excluding steroid dienone is 6. The number of hydrogen-bond donors (Lipinski definition) is 2. The Morgan fingerprint density at radius 1 is 0.389 bits per heavy atom. The van der Waals surface area contributed by atoms with Crippen molar-refractivity contribution in [1.29, 1.82) is 0 Å². The van der Waals surface area contributed by atoms with Gasteiger partial charge in [-0.15, -0.1) is 0 Å². The molecule has 0 saturated heterocycles. The summed E-state index contributed by atoms with van der Waals surface area (Å²) in [5.74, 6) is -1.47. The standard InChI is InChI=1S/C60H111O11P/c1-4-7-10-13-16-19-22-25-27-28-30-33-36-39-42-45-48-51-60(64)71-57(53-67-58(62)49-46-43-40-37-34-31-24-21-18-15-12-9-6-3)55-69-72(65,66)68-54-56(52-61)70-59(63)50-47-44-41-38-35-32-29-26-23-20-17-14-11-8-5-2/h12,15,21,24-25,27,56-57,61H,4-11,13-14,16-20,22-23,26,28-55H2,1-3H3,(H,65,66)/b15-12-,24-21-,27-25-. The molecule has 0 aromatic heterocycles. The molecule has 422 valence electrons. The highest BCUT2D eigenvalue weighted by atomic mass is 31.2. The summed E-state index contributed by atoms with van der Waals surface area (Å²) >= 11 is 0. The summed E-state index contributed by atoms with van der Waals surface area (Å²) in [6.07, 6.45) is 56.7. The Labute approximate surface area is 441 Å². The first kappa shape index (κ1) is 69.7. The van der Waals surface area contributed by atoms with Crippen LogP contribution < -0.4 is 0 Å². The number of aliphatic hydroxyl groups excluding tert-OH is 1. The fraction of sp³-hybridized carbons (Fsp3) is 0.850. The monoisotopic (exact) mass is 1040 g/mol. The number of esters is 3. The lowest BCUT2D eigenvalue weighted by atomic mass is 10.0. The molecule has 2 N–H and O–H groups in total. The lowest BCUT2D eigenvalue weighted by Gasteiger charge is -2.21. The predicted molar refractivity (Wildman–Crippen MR) is 298 cm³/mol. The number of unbranched alkanes of at least 4 members (excludes halogenated alkanes) is 33. The van der Waals surface area contributed by atoms with E-state index in [9.17, 15) is 28.9 Å². The molecule has 0 saturated carbocycles. The van der Waals surface area contributed by atoms with Gasteiger partial charge in [0, 0.05) is 19.3 Å². The van der Waals surface area contributed by atoms with Gasteiger partial charge in [0.15, 0.2) is 6.10 Å². The second-order valence-electron chi connectivity index (χ2n) is 20.2. The number of hydrogen-bond acceptors (Lipinski definition) is 10. The highest BCUT2D eigenvalue weighted by Crippen LogP contribution is 2.43. The second kappa shape index (κ2) is 54.9. The summed E-state index contributed by atoms with van der Waals surface area (Å²) in [5, 5.41) is 9.82. The maximum Gasteiger partial charge on any atom is 0.472 e. The van der Waals surface area contributed by atoms with Gasteiger partial charge in [0.25, 0.3) is 0 Å². The van der Waals surface area contributed by atoms with Crippen LogP contribution in [0.1, 0.15) is 290 Å². The van der Waals surface area contributed by atoms with Crippen LogP contribution in [0.4, 0.5) is 0 Å². The van der Waals surface area contributed by atoms with Gasteiger partial charge in [0.2, 0.25) is 0 Å². The summed E-state index contributed by atoms with van der Waals surface area (Å²) in [7, 11) is -4.75. The Kier molecular flexibility index (Phi) is 53.2. The zero-order chi connectivity index (χ0) is 52.7. The van der Waals surface area contributed by atoms with Crippen LogP contribution in [0.25, 0.3) is 0 Å². The van der Waals surface area contributed by atoms with Crippen molar-refractivity contribution >= 4 is 25.7 Å². The molecule has 0 aliphatic rings. The molecule has 11 nitrogen and oxygen atoms in total. The SMILES string of the molecule is CCC/C=C\C/C=C\CCCCCCCC(=O)OCC(COP(=O)(O)OCC(CO)OC(=O)CCCCCCCCCCCCCCCCC)OC(=O)CCCCCCCCC/C=C\CCCCCCCC. The molecule has 0 radical (unpaired) electrons. The van der Waals surface area contributed by atoms with E-state index in [2.05, 4.69) is 57.2 Å². The third-order valence-corrected chi connectivity index (χ3v) is 14.0. The van der Waals surface area contributed by atoms with Crippen molar-refractivity contribution in [3.05, 3.63) is 36.5 Å². The molecule has 0 aliphatic carbocycles. The molecule has 0 bridgehead atoms. The van der Waals surface area contributed by atoms with E-state index in [1.54, 1.807) is 0 Å². The van der Waals surface area contributed by atoms with Gasteiger partial charge in [0.1, 0.15) is 12.7 Å². The number of phosphoric acid groups is 1. The topological polar surface area (TPSA) is 155 Å². The molecule has 0 fully saturated rings. The van der Waals surface area contributed by atoms with Crippen LogP contribution in [0.15, 0.2) is 36.5 Å². The second-order valence-corrected chi connectivity index (χ2v) is 21.6. The molecular weight excluding hydrogens is 928 g/mol. The number of phosphoric ester groups is 1. The van der Waals surface area contributed by atoms with Gasteiger partial charge in [-0.2, -0.15) is 0 Å². The average Bonchev–Trinajstić information content (AvgIpc) is 3.37. The number of rotatable bonds is 56. The van der Waals surface area contributed by atoms with Crippen molar-refractivity contribution < 1.29 is 52.2 Å². The zero-order valence-electron chi connectivity index (χ0n) is 46.7. The normalized spacial score (nSPS) is 13.6. The smallest absolute Gasteiger partial charge is 0.462 e. The summed E-state index contributed by atoms with van der Waals surface area (Å²) in [6.45, 7) is 4.60. The van der Waals surface area contributed by atoms with E-state index >= 15 is 0 Å². The molecule has 0 aromatic carbocycles. The Hall–Kier alpha value is -2.30. The van der Waals surface area contributed by atoms with Gasteiger partial charge in [-0.25, -0.2) is 4.57 Å². The number of carbonyl (C=O) groups excluding carboxylic acids is 3. The molecule has 0 spiro atoms. The lowest BCUT2D eigenvalue weighted by Crippen LogP contribution is -2.30. The van der Waals surface area contributed by atoms with E-state index in [1.165, 1.54) is 141 Å². The molecule has 3 atom stereocenters. The molecule has 0 rings (SSSR count). The van der Waals surface area contributed by atoms with Crippen LogP contribution in [0.2, 0.25) is 0 Å².